The number of anilines is 2. The Kier molecular flexibility index (Phi) is 2.35. The summed E-state index contributed by atoms with van der Waals surface area (Å²) in [5.74, 6) is 3.31. The highest BCUT2D eigenvalue weighted by molar-refractivity contribution is 5.58. The lowest BCUT2D eigenvalue weighted by Gasteiger charge is -2.30. The van der Waals surface area contributed by atoms with Gasteiger partial charge in [-0.2, -0.15) is 0 Å². The van der Waals surface area contributed by atoms with Gasteiger partial charge in [0.25, 0.3) is 0 Å². The number of aryl methyl sites for hydroxylation is 1. The molecule has 0 radical (unpaired) electrons. The highest BCUT2D eigenvalue weighted by Crippen LogP contribution is 2.29. The first-order valence-corrected chi connectivity index (χ1v) is 5.20. The van der Waals surface area contributed by atoms with Crippen LogP contribution in [0.3, 0.4) is 0 Å². The number of aromatic amines is 1. The Morgan fingerprint density at radius 1 is 1.57 bits per heavy atom. The third-order valence-corrected chi connectivity index (χ3v) is 2.95. The molecule has 14 heavy (non-hydrogen) atoms. The largest absolute Gasteiger partial charge is 0.382 e. The summed E-state index contributed by atoms with van der Waals surface area (Å²) in [6.45, 7) is 3.01. The topological polar surface area (TPSA) is 57.9 Å². The van der Waals surface area contributed by atoms with Gasteiger partial charge in [-0.05, 0) is 25.7 Å². The number of nitrogen functional groups attached to an aromatic ring is 1. The Hall–Kier alpha value is -1.19. The summed E-state index contributed by atoms with van der Waals surface area (Å²) in [6.07, 6.45) is 4.09. The molecule has 0 unspecified atom stereocenters. The molecule has 2 rings (SSSR count). The third-order valence-electron chi connectivity index (χ3n) is 2.95. The van der Waals surface area contributed by atoms with E-state index in [9.17, 15) is 0 Å². The fourth-order valence-corrected chi connectivity index (χ4v) is 1.94. The van der Waals surface area contributed by atoms with Gasteiger partial charge >= 0.3 is 0 Å². The second-order valence-electron chi connectivity index (χ2n) is 4.24. The molecule has 1 aromatic rings. The van der Waals surface area contributed by atoms with E-state index in [4.69, 9.17) is 5.73 Å². The molecule has 0 saturated heterocycles. The zero-order chi connectivity index (χ0) is 10.1. The van der Waals surface area contributed by atoms with Gasteiger partial charge in [-0.3, -0.25) is 0 Å². The predicted octanol–water partition coefficient (Wildman–Crippen LogP) is 1.54. The van der Waals surface area contributed by atoms with Crippen molar-refractivity contribution >= 4 is 11.6 Å². The van der Waals surface area contributed by atoms with Crippen molar-refractivity contribution in [2.24, 2.45) is 5.92 Å². The van der Waals surface area contributed by atoms with Crippen LogP contribution in [0.15, 0.2) is 0 Å². The maximum atomic E-state index is 5.82. The SMILES string of the molecule is Cc1nc(N(C)CC2CCC2)c(N)[nH]1. The van der Waals surface area contributed by atoms with Crippen molar-refractivity contribution < 1.29 is 0 Å². The first kappa shape index (κ1) is 9.37. The van der Waals surface area contributed by atoms with Crippen LogP contribution >= 0.6 is 0 Å². The van der Waals surface area contributed by atoms with E-state index >= 15 is 0 Å². The molecule has 1 saturated carbocycles. The lowest BCUT2D eigenvalue weighted by atomic mass is 9.85. The zero-order valence-corrected chi connectivity index (χ0v) is 8.88. The van der Waals surface area contributed by atoms with Gasteiger partial charge in [-0.1, -0.05) is 6.42 Å². The van der Waals surface area contributed by atoms with Gasteiger partial charge in [-0.25, -0.2) is 4.98 Å². The Morgan fingerprint density at radius 3 is 2.71 bits per heavy atom. The fraction of sp³-hybridized carbons (Fsp3) is 0.700. The van der Waals surface area contributed by atoms with Crippen LogP contribution in [0.1, 0.15) is 25.1 Å². The summed E-state index contributed by atoms with van der Waals surface area (Å²) in [4.78, 5) is 9.55. The van der Waals surface area contributed by atoms with Gasteiger partial charge in [0.15, 0.2) is 5.82 Å². The molecule has 4 nitrogen and oxygen atoms in total. The first-order chi connectivity index (χ1) is 6.66. The summed E-state index contributed by atoms with van der Waals surface area (Å²) in [5, 5.41) is 0. The Balaban J connectivity index is 2.02. The van der Waals surface area contributed by atoms with E-state index in [0.29, 0.717) is 5.82 Å². The summed E-state index contributed by atoms with van der Waals surface area (Å²) < 4.78 is 0. The minimum absolute atomic E-state index is 0.685. The van der Waals surface area contributed by atoms with Crippen molar-refractivity contribution in [1.82, 2.24) is 9.97 Å². The third kappa shape index (κ3) is 1.69. The number of nitrogens with two attached hydrogens (primary N) is 1. The van der Waals surface area contributed by atoms with Crippen LogP contribution in [0.4, 0.5) is 11.6 Å². The molecule has 0 aromatic carbocycles. The predicted molar refractivity (Wildman–Crippen MR) is 58.3 cm³/mol. The van der Waals surface area contributed by atoms with Crippen molar-refractivity contribution in [3.8, 4) is 0 Å². The van der Waals surface area contributed by atoms with Gasteiger partial charge in [-0.15, -0.1) is 0 Å². The molecular formula is C10H18N4. The van der Waals surface area contributed by atoms with E-state index in [1.54, 1.807) is 0 Å². The average molecular weight is 194 g/mol. The maximum absolute atomic E-state index is 5.82. The van der Waals surface area contributed by atoms with Crippen LogP contribution in [0.25, 0.3) is 0 Å². The van der Waals surface area contributed by atoms with E-state index in [2.05, 4.69) is 21.9 Å². The highest BCUT2D eigenvalue weighted by atomic mass is 15.2. The molecule has 1 aliphatic carbocycles. The number of rotatable bonds is 3. The molecule has 0 spiro atoms. The molecule has 0 atom stereocenters. The van der Waals surface area contributed by atoms with E-state index in [0.717, 1.165) is 24.1 Å². The number of aromatic nitrogens is 2. The van der Waals surface area contributed by atoms with Gasteiger partial charge in [0.2, 0.25) is 0 Å². The van der Waals surface area contributed by atoms with Crippen molar-refractivity contribution in [3.63, 3.8) is 0 Å². The standard InChI is InChI=1S/C10H18N4/c1-7-12-9(11)10(13-7)14(2)6-8-4-3-5-8/h8H,3-6,11H2,1-2H3,(H,12,13). The number of hydrogen-bond donors (Lipinski definition) is 2. The minimum atomic E-state index is 0.685. The van der Waals surface area contributed by atoms with Gasteiger partial charge in [0.1, 0.15) is 11.6 Å². The number of imidazole rings is 1. The van der Waals surface area contributed by atoms with Crippen LogP contribution in [-0.2, 0) is 0 Å². The molecule has 1 aliphatic rings. The fourth-order valence-electron chi connectivity index (χ4n) is 1.94. The first-order valence-electron chi connectivity index (χ1n) is 5.20. The Morgan fingerprint density at radius 2 is 2.29 bits per heavy atom. The second kappa shape index (κ2) is 3.52. The van der Waals surface area contributed by atoms with Crippen molar-refractivity contribution in [1.29, 1.82) is 0 Å². The second-order valence-corrected chi connectivity index (χ2v) is 4.24. The van der Waals surface area contributed by atoms with Crippen molar-refractivity contribution in [2.75, 3.05) is 24.2 Å². The molecule has 4 heteroatoms. The maximum Gasteiger partial charge on any atom is 0.171 e. The number of nitrogens with zero attached hydrogens (tertiary/aromatic N) is 2. The molecule has 0 amide bonds. The normalized spacial score (nSPS) is 16.7. The zero-order valence-electron chi connectivity index (χ0n) is 8.88. The number of hydrogen-bond acceptors (Lipinski definition) is 3. The lowest BCUT2D eigenvalue weighted by molar-refractivity contribution is 0.321. The average Bonchev–Trinajstić information content (AvgIpc) is 2.37. The molecule has 3 N–H and O–H groups in total. The highest BCUT2D eigenvalue weighted by Gasteiger charge is 2.21. The van der Waals surface area contributed by atoms with Crippen molar-refractivity contribution in [2.45, 2.75) is 26.2 Å². The summed E-state index contributed by atoms with van der Waals surface area (Å²) in [5.41, 5.74) is 5.82. The van der Waals surface area contributed by atoms with Crippen LogP contribution in [0.5, 0.6) is 0 Å². The molecule has 1 aromatic heterocycles. The summed E-state index contributed by atoms with van der Waals surface area (Å²) in [6, 6.07) is 0. The number of nitrogens with one attached hydrogen (secondary N) is 1. The molecular weight excluding hydrogens is 176 g/mol. The summed E-state index contributed by atoms with van der Waals surface area (Å²) in [7, 11) is 2.06. The number of H-pyrrole nitrogens is 1. The Bertz CT molecular complexity index is 314. The molecule has 1 fully saturated rings. The smallest absolute Gasteiger partial charge is 0.171 e. The van der Waals surface area contributed by atoms with E-state index in [1.165, 1.54) is 19.3 Å². The lowest BCUT2D eigenvalue weighted by Crippen LogP contribution is -2.29. The monoisotopic (exact) mass is 194 g/mol. The van der Waals surface area contributed by atoms with Crippen LogP contribution in [0.2, 0.25) is 0 Å². The van der Waals surface area contributed by atoms with Gasteiger partial charge < -0.3 is 15.6 Å². The van der Waals surface area contributed by atoms with Crippen molar-refractivity contribution in [3.05, 3.63) is 5.82 Å². The van der Waals surface area contributed by atoms with E-state index < -0.39 is 0 Å². The molecule has 1 heterocycles. The van der Waals surface area contributed by atoms with Gasteiger partial charge in [0.05, 0.1) is 0 Å². The molecule has 0 bridgehead atoms. The van der Waals surface area contributed by atoms with Crippen LogP contribution in [-0.4, -0.2) is 23.6 Å². The molecule has 0 aliphatic heterocycles. The quantitative estimate of drug-likeness (QED) is 0.767. The molecule has 78 valence electrons. The van der Waals surface area contributed by atoms with Crippen LogP contribution in [0, 0.1) is 12.8 Å². The minimum Gasteiger partial charge on any atom is -0.382 e. The van der Waals surface area contributed by atoms with Gasteiger partial charge in [0, 0.05) is 13.6 Å². The summed E-state index contributed by atoms with van der Waals surface area (Å²) >= 11 is 0. The van der Waals surface area contributed by atoms with Crippen LogP contribution < -0.4 is 10.6 Å². The van der Waals surface area contributed by atoms with E-state index in [-0.39, 0.29) is 0 Å². The Labute approximate surface area is 84.5 Å². The van der Waals surface area contributed by atoms with E-state index in [1.807, 2.05) is 6.92 Å².